The molecular formula is C13H9F4N3O. The standard InChI is InChI=1S/C13H9F4N3O/c14-7-3-1-2-6(12(7)20-18)13(21)19-11-5-9(16)8(15)4-10(11)17/h1-5,20H,18H2,(H,19,21). The summed E-state index contributed by atoms with van der Waals surface area (Å²) in [5, 5.41) is 2.01. The molecule has 8 heteroatoms. The Labute approximate surface area is 116 Å². The van der Waals surface area contributed by atoms with E-state index in [9.17, 15) is 22.4 Å². The highest BCUT2D eigenvalue weighted by Gasteiger charge is 2.17. The third-order valence-corrected chi connectivity index (χ3v) is 2.66. The fourth-order valence-electron chi connectivity index (χ4n) is 1.67. The average Bonchev–Trinajstić information content (AvgIpc) is 2.44. The van der Waals surface area contributed by atoms with Gasteiger partial charge in [-0.05, 0) is 12.1 Å². The highest BCUT2D eigenvalue weighted by Crippen LogP contribution is 2.22. The number of nitrogens with two attached hydrogens (primary N) is 1. The van der Waals surface area contributed by atoms with Crippen LogP contribution in [0, 0.1) is 23.3 Å². The van der Waals surface area contributed by atoms with Crippen molar-refractivity contribution in [3.05, 3.63) is 59.2 Å². The Kier molecular flexibility index (Phi) is 4.08. The largest absolute Gasteiger partial charge is 0.321 e. The SMILES string of the molecule is NNc1c(F)cccc1C(=O)Nc1cc(F)c(F)cc1F. The molecule has 0 atom stereocenters. The first-order valence-electron chi connectivity index (χ1n) is 5.65. The molecular weight excluding hydrogens is 290 g/mol. The van der Waals surface area contributed by atoms with Gasteiger partial charge in [0.1, 0.15) is 11.6 Å². The van der Waals surface area contributed by atoms with E-state index in [1.54, 1.807) is 0 Å². The molecule has 0 aliphatic heterocycles. The summed E-state index contributed by atoms with van der Waals surface area (Å²) in [5.41, 5.74) is 0.896. The molecule has 0 saturated heterocycles. The molecule has 0 aromatic heterocycles. The Bertz CT molecular complexity index is 706. The lowest BCUT2D eigenvalue weighted by molar-refractivity contribution is 0.102. The highest BCUT2D eigenvalue weighted by molar-refractivity contribution is 6.08. The highest BCUT2D eigenvalue weighted by atomic mass is 19.2. The third kappa shape index (κ3) is 2.95. The molecule has 0 fully saturated rings. The van der Waals surface area contributed by atoms with Crippen LogP contribution in [0.3, 0.4) is 0 Å². The summed E-state index contributed by atoms with van der Waals surface area (Å²) in [6, 6.07) is 4.30. The Morgan fingerprint density at radius 3 is 2.29 bits per heavy atom. The summed E-state index contributed by atoms with van der Waals surface area (Å²) >= 11 is 0. The summed E-state index contributed by atoms with van der Waals surface area (Å²) in [6.45, 7) is 0. The quantitative estimate of drug-likeness (QED) is 0.353. The van der Waals surface area contributed by atoms with Crippen LogP contribution in [0.15, 0.2) is 30.3 Å². The predicted octanol–water partition coefficient (Wildman–Crippen LogP) is 2.78. The Hall–Kier alpha value is -2.61. The van der Waals surface area contributed by atoms with Gasteiger partial charge >= 0.3 is 0 Å². The van der Waals surface area contributed by atoms with Gasteiger partial charge in [0.2, 0.25) is 0 Å². The van der Waals surface area contributed by atoms with Gasteiger partial charge in [-0.3, -0.25) is 10.6 Å². The van der Waals surface area contributed by atoms with Crippen LogP contribution in [0.2, 0.25) is 0 Å². The van der Waals surface area contributed by atoms with Crippen LogP contribution in [-0.2, 0) is 0 Å². The monoisotopic (exact) mass is 299 g/mol. The van der Waals surface area contributed by atoms with E-state index in [0.717, 1.165) is 6.07 Å². The lowest BCUT2D eigenvalue weighted by Crippen LogP contribution is -2.19. The first kappa shape index (κ1) is 14.8. The minimum Gasteiger partial charge on any atom is -0.321 e. The number of halogens is 4. The van der Waals surface area contributed by atoms with Crippen molar-refractivity contribution in [1.29, 1.82) is 0 Å². The predicted molar refractivity (Wildman–Crippen MR) is 68.5 cm³/mol. The summed E-state index contributed by atoms with van der Waals surface area (Å²) in [6.07, 6.45) is 0. The van der Waals surface area contributed by atoms with Crippen LogP contribution in [-0.4, -0.2) is 5.91 Å². The second-order valence-corrected chi connectivity index (χ2v) is 4.01. The maximum atomic E-state index is 13.4. The van der Waals surface area contributed by atoms with Crippen molar-refractivity contribution in [3.63, 3.8) is 0 Å². The molecule has 2 aromatic carbocycles. The van der Waals surface area contributed by atoms with Crippen molar-refractivity contribution in [1.82, 2.24) is 0 Å². The first-order valence-corrected chi connectivity index (χ1v) is 5.65. The molecule has 4 nitrogen and oxygen atoms in total. The fraction of sp³-hybridized carbons (Fsp3) is 0. The van der Waals surface area contributed by atoms with Crippen LogP contribution >= 0.6 is 0 Å². The lowest BCUT2D eigenvalue weighted by atomic mass is 10.1. The van der Waals surface area contributed by atoms with Crippen LogP contribution in [0.4, 0.5) is 28.9 Å². The van der Waals surface area contributed by atoms with E-state index in [4.69, 9.17) is 5.84 Å². The summed E-state index contributed by atoms with van der Waals surface area (Å²) < 4.78 is 52.7. The molecule has 1 amide bonds. The van der Waals surface area contributed by atoms with Gasteiger partial charge in [-0.25, -0.2) is 17.6 Å². The minimum absolute atomic E-state index is 0.221. The molecule has 21 heavy (non-hydrogen) atoms. The normalized spacial score (nSPS) is 10.3. The average molecular weight is 299 g/mol. The van der Waals surface area contributed by atoms with Crippen molar-refractivity contribution in [2.45, 2.75) is 0 Å². The molecule has 110 valence electrons. The second kappa shape index (κ2) is 5.80. The lowest BCUT2D eigenvalue weighted by Gasteiger charge is -2.11. The van der Waals surface area contributed by atoms with Crippen LogP contribution < -0.4 is 16.6 Å². The van der Waals surface area contributed by atoms with E-state index < -0.39 is 34.9 Å². The smallest absolute Gasteiger partial charge is 0.258 e. The van der Waals surface area contributed by atoms with E-state index in [0.29, 0.717) is 12.1 Å². The zero-order valence-electron chi connectivity index (χ0n) is 10.4. The van der Waals surface area contributed by atoms with Gasteiger partial charge in [0.05, 0.1) is 16.9 Å². The number of anilines is 2. The number of nitrogen functional groups attached to an aromatic ring is 1. The molecule has 0 bridgehead atoms. The van der Waals surface area contributed by atoms with Gasteiger partial charge in [0.25, 0.3) is 5.91 Å². The number of hydrogen-bond donors (Lipinski definition) is 3. The van der Waals surface area contributed by atoms with Gasteiger partial charge in [0, 0.05) is 12.1 Å². The van der Waals surface area contributed by atoms with Crippen LogP contribution in [0.1, 0.15) is 10.4 Å². The maximum Gasteiger partial charge on any atom is 0.258 e. The maximum absolute atomic E-state index is 13.4. The molecule has 2 rings (SSSR count). The van der Waals surface area contributed by atoms with Gasteiger partial charge in [-0.2, -0.15) is 0 Å². The third-order valence-electron chi connectivity index (χ3n) is 2.66. The van der Waals surface area contributed by atoms with Gasteiger partial charge < -0.3 is 10.7 Å². The molecule has 0 saturated carbocycles. The number of para-hydroxylation sites is 1. The van der Waals surface area contributed by atoms with Gasteiger partial charge in [-0.15, -0.1) is 0 Å². The van der Waals surface area contributed by atoms with Crippen molar-refractivity contribution >= 4 is 17.3 Å². The number of hydrogen-bond acceptors (Lipinski definition) is 3. The number of carbonyl (C=O) groups is 1. The zero-order chi connectivity index (χ0) is 15.6. The molecule has 0 aliphatic carbocycles. The number of hydrazine groups is 1. The molecule has 0 spiro atoms. The van der Waals surface area contributed by atoms with E-state index in [1.807, 2.05) is 10.7 Å². The van der Waals surface area contributed by atoms with E-state index in [1.165, 1.54) is 12.1 Å². The topological polar surface area (TPSA) is 67.1 Å². The molecule has 0 radical (unpaired) electrons. The van der Waals surface area contributed by atoms with Crippen molar-refractivity contribution in [3.8, 4) is 0 Å². The number of benzene rings is 2. The van der Waals surface area contributed by atoms with Gasteiger partial charge in [-0.1, -0.05) is 6.07 Å². The Balaban J connectivity index is 2.35. The van der Waals surface area contributed by atoms with E-state index in [-0.39, 0.29) is 11.3 Å². The molecule has 0 aliphatic rings. The van der Waals surface area contributed by atoms with Crippen molar-refractivity contribution in [2.24, 2.45) is 5.84 Å². The zero-order valence-corrected chi connectivity index (χ0v) is 10.4. The Morgan fingerprint density at radius 2 is 1.62 bits per heavy atom. The summed E-state index contributed by atoms with van der Waals surface area (Å²) in [4.78, 5) is 11.9. The van der Waals surface area contributed by atoms with Crippen molar-refractivity contribution < 1.29 is 22.4 Å². The number of nitrogens with one attached hydrogen (secondary N) is 2. The van der Waals surface area contributed by atoms with Gasteiger partial charge in [0.15, 0.2) is 11.6 Å². The molecule has 0 unspecified atom stereocenters. The summed E-state index contributed by atoms with van der Waals surface area (Å²) in [7, 11) is 0. The van der Waals surface area contributed by atoms with E-state index in [2.05, 4.69) is 0 Å². The van der Waals surface area contributed by atoms with Crippen molar-refractivity contribution in [2.75, 3.05) is 10.7 Å². The summed E-state index contributed by atoms with van der Waals surface area (Å²) in [5.74, 6) is -0.515. The fourth-order valence-corrected chi connectivity index (χ4v) is 1.67. The first-order chi connectivity index (χ1) is 9.93. The number of rotatable bonds is 3. The number of amides is 1. The Morgan fingerprint density at radius 1 is 0.952 bits per heavy atom. The van der Waals surface area contributed by atoms with E-state index >= 15 is 0 Å². The second-order valence-electron chi connectivity index (χ2n) is 4.01. The molecule has 4 N–H and O–H groups in total. The minimum atomic E-state index is -1.39. The molecule has 2 aromatic rings. The molecule has 0 heterocycles. The number of carbonyl (C=O) groups excluding carboxylic acids is 1. The van der Waals surface area contributed by atoms with Crippen LogP contribution in [0.25, 0.3) is 0 Å². The van der Waals surface area contributed by atoms with Crippen LogP contribution in [0.5, 0.6) is 0 Å².